The van der Waals surface area contributed by atoms with Gasteiger partial charge in [-0.25, -0.2) is 4.98 Å². The molecule has 0 saturated carbocycles. The minimum absolute atomic E-state index is 0.115. The van der Waals surface area contributed by atoms with Gasteiger partial charge >= 0.3 is 0 Å². The maximum absolute atomic E-state index is 12.7. The highest BCUT2D eigenvalue weighted by Crippen LogP contribution is 2.28. The van der Waals surface area contributed by atoms with E-state index in [0.717, 1.165) is 25.2 Å². The fraction of sp³-hybridized carbons (Fsp3) is 0.346. The lowest BCUT2D eigenvalue weighted by atomic mass is 9.95. The lowest BCUT2D eigenvalue weighted by Crippen LogP contribution is -2.42. The summed E-state index contributed by atoms with van der Waals surface area (Å²) in [6.07, 6.45) is 5.25. The summed E-state index contributed by atoms with van der Waals surface area (Å²) in [6.45, 7) is 6.04. The second kappa shape index (κ2) is 9.99. The number of rotatable bonds is 7. The number of nitro groups is 1. The van der Waals surface area contributed by atoms with Crippen molar-refractivity contribution in [2.24, 2.45) is 0 Å². The highest BCUT2D eigenvalue weighted by molar-refractivity contribution is 6.42. The molecule has 1 fully saturated rings. The van der Waals surface area contributed by atoms with Gasteiger partial charge in [0.25, 0.3) is 11.6 Å². The number of Topliss-reactive ketones (excluding diaryl/α,β-unsaturated/α-hetero) is 1. The Morgan fingerprint density at radius 1 is 1.06 bits per heavy atom. The molecule has 3 aromatic rings. The van der Waals surface area contributed by atoms with E-state index in [1.807, 2.05) is 12.4 Å². The van der Waals surface area contributed by atoms with Crippen molar-refractivity contribution < 1.29 is 14.5 Å². The molecule has 2 heterocycles. The molecule has 8 heteroatoms. The van der Waals surface area contributed by atoms with Gasteiger partial charge in [0.15, 0.2) is 0 Å². The lowest BCUT2D eigenvalue weighted by Gasteiger charge is -2.31. The van der Waals surface area contributed by atoms with E-state index in [0.29, 0.717) is 19.0 Å². The first-order chi connectivity index (χ1) is 16.3. The van der Waals surface area contributed by atoms with Crippen LogP contribution in [0, 0.1) is 10.1 Å². The van der Waals surface area contributed by atoms with Crippen LogP contribution in [0.5, 0.6) is 0 Å². The third-order valence-electron chi connectivity index (χ3n) is 6.43. The van der Waals surface area contributed by atoms with Crippen molar-refractivity contribution in [1.82, 2.24) is 14.5 Å². The molecule has 8 nitrogen and oxygen atoms in total. The molecule has 0 N–H and O–H groups in total. The average Bonchev–Trinajstić information content (AvgIpc) is 3.31. The number of imidazole rings is 1. The molecule has 1 aromatic heterocycles. The largest absolute Gasteiger partial charge is 0.336 e. The molecule has 1 amide bonds. The van der Waals surface area contributed by atoms with E-state index in [9.17, 15) is 19.7 Å². The minimum atomic E-state index is -0.639. The molecule has 2 aromatic carbocycles. The number of aromatic nitrogens is 2. The molecular formula is C26H28N4O4. The number of amides is 1. The van der Waals surface area contributed by atoms with Gasteiger partial charge in [0, 0.05) is 55.6 Å². The zero-order chi connectivity index (χ0) is 24.2. The van der Waals surface area contributed by atoms with E-state index < -0.39 is 16.6 Å². The van der Waals surface area contributed by atoms with Gasteiger partial charge in [-0.15, -0.1) is 0 Å². The Morgan fingerprint density at radius 2 is 1.71 bits per heavy atom. The SMILES string of the molecule is CC(C)c1ccc(Cn2ccnc2C2CCN(C(=O)C(=O)c3ccc([N+](=O)[O-])cc3)CC2)cc1. The molecule has 0 unspecified atom stereocenters. The number of hydrogen-bond donors (Lipinski definition) is 0. The van der Waals surface area contributed by atoms with Crippen LogP contribution in [0.3, 0.4) is 0 Å². The molecule has 0 aliphatic carbocycles. The van der Waals surface area contributed by atoms with Crippen molar-refractivity contribution in [3.63, 3.8) is 0 Å². The molecule has 0 bridgehead atoms. The van der Waals surface area contributed by atoms with Crippen LogP contribution < -0.4 is 0 Å². The normalized spacial score (nSPS) is 14.4. The Kier molecular flexibility index (Phi) is 6.86. The summed E-state index contributed by atoms with van der Waals surface area (Å²) in [5.74, 6) is 0.504. The quantitative estimate of drug-likeness (QED) is 0.223. The van der Waals surface area contributed by atoms with Crippen LogP contribution in [0.25, 0.3) is 0 Å². The number of carbonyl (C=O) groups is 2. The van der Waals surface area contributed by atoms with Gasteiger partial charge in [0.2, 0.25) is 5.78 Å². The number of hydrogen-bond acceptors (Lipinski definition) is 5. The summed E-state index contributed by atoms with van der Waals surface area (Å²) in [4.78, 5) is 41.7. The molecule has 0 spiro atoms. The first-order valence-electron chi connectivity index (χ1n) is 11.5. The van der Waals surface area contributed by atoms with Gasteiger partial charge in [0.05, 0.1) is 4.92 Å². The number of piperidine rings is 1. The van der Waals surface area contributed by atoms with Gasteiger partial charge in [-0.1, -0.05) is 38.1 Å². The number of nitrogens with zero attached hydrogens (tertiary/aromatic N) is 4. The van der Waals surface area contributed by atoms with Crippen LogP contribution >= 0.6 is 0 Å². The van der Waals surface area contributed by atoms with E-state index in [4.69, 9.17) is 0 Å². The smallest absolute Gasteiger partial charge is 0.294 e. The van der Waals surface area contributed by atoms with Crippen molar-refractivity contribution in [3.8, 4) is 0 Å². The van der Waals surface area contributed by atoms with Crippen molar-refractivity contribution >= 4 is 17.4 Å². The lowest BCUT2D eigenvalue weighted by molar-refractivity contribution is -0.384. The van der Waals surface area contributed by atoms with Crippen LogP contribution in [0.15, 0.2) is 60.9 Å². The third kappa shape index (κ3) is 5.06. The molecule has 4 rings (SSSR count). The Labute approximate surface area is 198 Å². The summed E-state index contributed by atoms with van der Waals surface area (Å²) in [6, 6.07) is 13.8. The highest BCUT2D eigenvalue weighted by atomic mass is 16.6. The molecule has 34 heavy (non-hydrogen) atoms. The molecule has 0 radical (unpaired) electrons. The zero-order valence-electron chi connectivity index (χ0n) is 19.4. The van der Waals surface area contributed by atoms with E-state index >= 15 is 0 Å². The average molecular weight is 461 g/mol. The van der Waals surface area contributed by atoms with Gasteiger partial charge in [-0.2, -0.15) is 0 Å². The van der Waals surface area contributed by atoms with E-state index in [1.165, 1.54) is 35.4 Å². The Bertz CT molecular complexity index is 1170. The van der Waals surface area contributed by atoms with Crippen LogP contribution in [-0.4, -0.2) is 44.2 Å². The number of benzene rings is 2. The molecular weight excluding hydrogens is 432 g/mol. The molecule has 1 aliphatic rings. The second-order valence-corrected chi connectivity index (χ2v) is 9.01. The Morgan fingerprint density at radius 3 is 2.29 bits per heavy atom. The summed E-state index contributed by atoms with van der Waals surface area (Å²) in [5, 5.41) is 10.8. The summed E-state index contributed by atoms with van der Waals surface area (Å²) in [5.41, 5.74) is 2.58. The van der Waals surface area contributed by atoms with Crippen molar-refractivity contribution in [2.45, 2.75) is 45.1 Å². The second-order valence-electron chi connectivity index (χ2n) is 9.01. The van der Waals surface area contributed by atoms with E-state index in [-0.39, 0.29) is 17.2 Å². The van der Waals surface area contributed by atoms with Gasteiger partial charge in [-0.05, 0) is 42.0 Å². The standard InChI is InChI=1S/C26H28N4O4/c1-18(2)20-5-3-19(4-6-20)17-29-16-13-27-25(29)22-11-14-28(15-12-22)26(32)24(31)21-7-9-23(10-8-21)30(33)34/h3-10,13,16,18,22H,11-12,14-15,17H2,1-2H3. The number of non-ortho nitro benzene ring substituents is 1. The van der Waals surface area contributed by atoms with Gasteiger partial charge in [0.1, 0.15) is 5.82 Å². The van der Waals surface area contributed by atoms with Crippen molar-refractivity contribution in [3.05, 3.63) is 93.6 Å². The topological polar surface area (TPSA) is 98.3 Å². The van der Waals surface area contributed by atoms with E-state index in [1.54, 1.807) is 4.90 Å². The predicted molar refractivity (Wildman–Crippen MR) is 128 cm³/mol. The summed E-state index contributed by atoms with van der Waals surface area (Å²) < 4.78 is 2.16. The zero-order valence-corrected chi connectivity index (χ0v) is 19.4. The summed E-state index contributed by atoms with van der Waals surface area (Å²) >= 11 is 0. The fourth-order valence-corrected chi connectivity index (χ4v) is 4.36. The molecule has 1 saturated heterocycles. The fourth-order valence-electron chi connectivity index (χ4n) is 4.36. The van der Waals surface area contributed by atoms with Crippen molar-refractivity contribution in [2.75, 3.05) is 13.1 Å². The first-order valence-corrected chi connectivity index (χ1v) is 11.5. The van der Waals surface area contributed by atoms with Gasteiger partial charge in [-0.3, -0.25) is 19.7 Å². The first kappa shape index (κ1) is 23.4. The number of carbonyl (C=O) groups excluding carboxylic acids is 2. The molecule has 176 valence electrons. The maximum Gasteiger partial charge on any atom is 0.294 e. The highest BCUT2D eigenvalue weighted by Gasteiger charge is 2.30. The maximum atomic E-state index is 12.7. The van der Waals surface area contributed by atoms with E-state index in [2.05, 4.69) is 47.7 Å². The Balaban J connectivity index is 1.36. The Hall–Kier alpha value is -3.81. The molecule has 1 aliphatic heterocycles. The van der Waals surface area contributed by atoms with Crippen LogP contribution in [0.2, 0.25) is 0 Å². The number of likely N-dealkylation sites (tertiary alicyclic amines) is 1. The predicted octanol–water partition coefficient (Wildman–Crippen LogP) is 4.55. The molecule has 0 atom stereocenters. The van der Waals surface area contributed by atoms with Crippen molar-refractivity contribution in [1.29, 1.82) is 0 Å². The van der Waals surface area contributed by atoms with Crippen LogP contribution in [-0.2, 0) is 11.3 Å². The number of nitro benzene ring substituents is 1. The van der Waals surface area contributed by atoms with Crippen LogP contribution in [0.4, 0.5) is 5.69 Å². The monoisotopic (exact) mass is 460 g/mol. The van der Waals surface area contributed by atoms with Gasteiger partial charge < -0.3 is 9.47 Å². The summed E-state index contributed by atoms with van der Waals surface area (Å²) in [7, 11) is 0. The third-order valence-corrected chi connectivity index (χ3v) is 6.43. The minimum Gasteiger partial charge on any atom is -0.336 e. The van der Waals surface area contributed by atoms with Crippen LogP contribution in [0.1, 0.15) is 65.8 Å². The number of ketones is 1.